The first-order valence-electron chi connectivity index (χ1n) is 8.30. The molecule has 132 valence electrons. The van der Waals surface area contributed by atoms with E-state index < -0.39 is 0 Å². The Morgan fingerprint density at radius 3 is 2.80 bits per heavy atom. The lowest BCUT2D eigenvalue weighted by Crippen LogP contribution is -2.49. The third-order valence-corrected chi connectivity index (χ3v) is 4.07. The van der Waals surface area contributed by atoms with Gasteiger partial charge in [-0.1, -0.05) is 6.58 Å². The van der Waals surface area contributed by atoms with Crippen LogP contribution in [-0.2, 0) is 4.79 Å². The van der Waals surface area contributed by atoms with Gasteiger partial charge in [0.1, 0.15) is 11.3 Å². The zero-order valence-corrected chi connectivity index (χ0v) is 14.3. The predicted octanol–water partition coefficient (Wildman–Crippen LogP) is 1.34. The van der Waals surface area contributed by atoms with Gasteiger partial charge in [-0.25, -0.2) is 9.97 Å². The van der Waals surface area contributed by atoms with Gasteiger partial charge in [0.25, 0.3) is 5.91 Å². The van der Waals surface area contributed by atoms with E-state index >= 15 is 0 Å². The second kappa shape index (κ2) is 6.92. The standard InChI is InChI=1S/C17H22N6O2/c1-4-14(24)22-11-5-10(6-11)21-13-8-19-16-15(23-13)12(7-18-16)17(25)20-9(2)3/h4,7-11H,1,5-6H2,2-3H3,(H,18,19)(H,20,25)(H,21,23)(H,22,24). The molecule has 0 aliphatic heterocycles. The molecule has 3 rings (SSSR count). The highest BCUT2D eigenvalue weighted by Gasteiger charge is 2.30. The number of nitrogens with one attached hydrogen (secondary N) is 4. The SMILES string of the molecule is C=CC(=O)NC1CC(Nc2cnc3[nH]cc(C(=O)NC(C)C)c3n2)C1. The van der Waals surface area contributed by atoms with Crippen LogP contribution < -0.4 is 16.0 Å². The van der Waals surface area contributed by atoms with Crippen molar-refractivity contribution in [2.24, 2.45) is 0 Å². The van der Waals surface area contributed by atoms with Gasteiger partial charge in [-0.2, -0.15) is 0 Å². The molecule has 1 saturated carbocycles. The third kappa shape index (κ3) is 3.78. The minimum absolute atomic E-state index is 0.0457. The van der Waals surface area contributed by atoms with Crippen molar-refractivity contribution in [1.29, 1.82) is 0 Å². The number of hydrogen-bond donors (Lipinski definition) is 4. The highest BCUT2D eigenvalue weighted by molar-refractivity contribution is 6.04. The zero-order valence-electron chi connectivity index (χ0n) is 14.3. The quantitative estimate of drug-likeness (QED) is 0.592. The fraction of sp³-hybridized carbons (Fsp3) is 0.412. The smallest absolute Gasteiger partial charge is 0.255 e. The largest absolute Gasteiger partial charge is 0.366 e. The minimum Gasteiger partial charge on any atom is -0.366 e. The van der Waals surface area contributed by atoms with Gasteiger partial charge >= 0.3 is 0 Å². The van der Waals surface area contributed by atoms with Gasteiger partial charge in [0.05, 0.1) is 11.8 Å². The second-order valence-corrected chi connectivity index (χ2v) is 6.51. The average Bonchev–Trinajstić information content (AvgIpc) is 2.95. The Morgan fingerprint density at radius 2 is 2.12 bits per heavy atom. The molecule has 2 aromatic rings. The van der Waals surface area contributed by atoms with Gasteiger partial charge < -0.3 is 20.9 Å². The lowest BCUT2D eigenvalue weighted by molar-refractivity contribution is -0.117. The van der Waals surface area contributed by atoms with Gasteiger partial charge in [0.15, 0.2) is 5.65 Å². The van der Waals surface area contributed by atoms with Crippen molar-refractivity contribution in [2.75, 3.05) is 5.32 Å². The Labute approximate surface area is 145 Å². The van der Waals surface area contributed by atoms with Gasteiger partial charge in [-0.3, -0.25) is 9.59 Å². The monoisotopic (exact) mass is 342 g/mol. The fourth-order valence-electron chi connectivity index (χ4n) is 2.80. The molecule has 8 heteroatoms. The molecule has 1 aliphatic rings. The van der Waals surface area contributed by atoms with E-state index in [1.807, 2.05) is 13.8 Å². The molecule has 0 radical (unpaired) electrons. The summed E-state index contributed by atoms with van der Waals surface area (Å²) in [6.45, 7) is 7.25. The number of hydrogen-bond acceptors (Lipinski definition) is 5. The Hall–Kier alpha value is -2.90. The van der Waals surface area contributed by atoms with Crippen LogP contribution in [0.4, 0.5) is 5.82 Å². The Balaban J connectivity index is 1.66. The Bertz CT molecular complexity index is 807. The molecule has 2 amide bonds. The van der Waals surface area contributed by atoms with E-state index in [4.69, 9.17) is 0 Å². The summed E-state index contributed by atoms with van der Waals surface area (Å²) in [7, 11) is 0. The van der Waals surface area contributed by atoms with Crippen LogP contribution >= 0.6 is 0 Å². The summed E-state index contributed by atoms with van der Waals surface area (Å²) in [6.07, 6.45) is 6.16. The van der Waals surface area contributed by atoms with E-state index in [0.717, 1.165) is 12.8 Å². The number of aromatic amines is 1. The maximum atomic E-state index is 12.2. The lowest BCUT2D eigenvalue weighted by Gasteiger charge is -2.36. The molecule has 2 heterocycles. The molecule has 4 N–H and O–H groups in total. The third-order valence-electron chi connectivity index (χ3n) is 4.07. The summed E-state index contributed by atoms with van der Waals surface area (Å²) in [5, 5.41) is 9.00. The zero-order chi connectivity index (χ0) is 18.0. The summed E-state index contributed by atoms with van der Waals surface area (Å²) >= 11 is 0. The van der Waals surface area contributed by atoms with Gasteiger partial charge in [0.2, 0.25) is 5.91 Å². The number of carbonyl (C=O) groups is 2. The van der Waals surface area contributed by atoms with Gasteiger partial charge in [-0.15, -0.1) is 0 Å². The number of anilines is 1. The fourth-order valence-corrected chi connectivity index (χ4v) is 2.80. The number of fused-ring (bicyclic) bond motifs is 1. The first-order chi connectivity index (χ1) is 12.0. The van der Waals surface area contributed by atoms with Crippen LogP contribution in [0.15, 0.2) is 25.0 Å². The Kier molecular flexibility index (Phi) is 4.69. The van der Waals surface area contributed by atoms with Crippen LogP contribution in [0.3, 0.4) is 0 Å². The van der Waals surface area contributed by atoms with Crippen molar-refractivity contribution < 1.29 is 9.59 Å². The highest BCUT2D eigenvalue weighted by atomic mass is 16.2. The molecule has 25 heavy (non-hydrogen) atoms. The van der Waals surface area contributed by atoms with Crippen LogP contribution in [0.2, 0.25) is 0 Å². The second-order valence-electron chi connectivity index (χ2n) is 6.51. The van der Waals surface area contributed by atoms with E-state index in [0.29, 0.717) is 22.5 Å². The first-order valence-corrected chi connectivity index (χ1v) is 8.30. The number of carbonyl (C=O) groups excluding carboxylic acids is 2. The highest BCUT2D eigenvalue weighted by Crippen LogP contribution is 2.24. The van der Waals surface area contributed by atoms with Crippen molar-refractivity contribution in [3.05, 3.63) is 30.6 Å². The molecule has 1 aliphatic carbocycles. The van der Waals surface area contributed by atoms with Crippen LogP contribution in [0.25, 0.3) is 11.2 Å². The number of amides is 2. The van der Waals surface area contributed by atoms with E-state index in [9.17, 15) is 9.59 Å². The summed E-state index contributed by atoms with van der Waals surface area (Å²) in [6, 6.07) is 0.414. The van der Waals surface area contributed by atoms with Crippen molar-refractivity contribution in [3.8, 4) is 0 Å². The topological polar surface area (TPSA) is 112 Å². The summed E-state index contributed by atoms with van der Waals surface area (Å²) in [4.78, 5) is 35.3. The van der Waals surface area contributed by atoms with E-state index in [-0.39, 0.29) is 29.9 Å². The number of H-pyrrole nitrogens is 1. The van der Waals surface area contributed by atoms with Crippen molar-refractivity contribution in [2.45, 2.75) is 44.8 Å². The molecule has 0 saturated heterocycles. The molecular weight excluding hydrogens is 320 g/mol. The molecule has 0 aromatic carbocycles. The van der Waals surface area contributed by atoms with Crippen LogP contribution in [0, 0.1) is 0 Å². The first kappa shape index (κ1) is 16.9. The molecule has 8 nitrogen and oxygen atoms in total. The van der Waals surface area contributed by atoms with E-state index in [1.165, 1.54) is 6.08 Å². The van der Waals surface area contributed by atoms with Gasteiger partial charge in [-0.05, 0) is 32.8 Å². The van der Waals surface area contributed by atoms with Crippen LogP contribution in [0.5, 0.6) is 0 Å². The predicted molar refractivity (Wildman–Crippen MR) is 95.3 cm³/mol. The molecule has 0 spiro atoms. The Morgan fingerprint density at radius 1 is 1.36 bits per heavy atom. The van der Waals surface area contributed by atoms with Crippen molar-refractivity contribution in [3.63, 3.8) is 0 Å². The molecule has 0 atom stereocenters. The number of aromatic nitrogens is 3. The van der Waals surface area contributed by atoms with Crippen molar-refractivity contribution >= 4 is 28.8 Å². The maximum absolute atomic E-state index is 12.2. The van der Waals surface area contributed by atoms with Gasteiger partial charge in [0, 0.05) is 24.3 Å². The molecule has 1 fully saturated rings. The summed E-state index contributed by atoms with van der Waals surface area (Å²) < 4.78 is 0. The van der Waals surface area contributed by atoms with E-state index in [2.05, 4.69) is 37.5 Å². The van der Waals surface area contributed by atoms with E-state index in [1.54, 1.807) is 12.4 Å². The summed E-state index contributed by atoms with van der Waals surface area (Å²) in [5.74, 6) is 0.283. The van der Waals surface area contributed by atoms with Crippen molar-refractivity contribution in [1.82, 2.24) is 25.6 Å². The van der Waals surface area contributed by atoms with Crippen LogP contribution in [-0.4, -0.2) is 44.9 Å². The molecular formula is C17H22N6O2. The van der Waals surface area contributed by atoms with Crippen LogP contribution in [0.1, 0.15) is 37.0 Å². The number of rotatable bonds is 6. The maximum Gasteiger partial charge on any atom is 0.255 e. The number of nitrogens with zero attached hydrogens (tertiary/aromatic N) is 2. The summed E-state index contributed by atoms with van der Waals surface area (Å²) in [5.41, 5.74) is 1.59. The molecule has 0 unspecified atom stereocenters. The molecule has 0 bridgehead atoms. The molecule has 2 aromatic heterocycles. The normalized spacial score (nSPS) is 19.3. The average molecular weight is 342 g/mol. The minimum atomic E-state index is -0.177. The lowest BCUT2D eigenvalue weighted by atomic mass is 9.86.